The molecule has 9 heteroatoms. The fourth-order valence-electron chi connectivity index (χ4n) is 5.15. The summed E-state index contributed by atoms with van der Waals surface area (Å²) < 4.78 is 0. The number of carbonyl (C=O) groups excluding carboxylic acids is 4. The van der Waals surface area contributed by atoms with E-state index < -0.39 is 23.7 Å². The maximum atomic E-state index is 13.9. The highest BCUT2D eigenvalue weighted by Crippen LogP contribution is 2.36. The van der Waals surface area contributed by atoms with Gasteiger partial charge in [0.2, 0.25) is 23.6 Å². The zero-order valence-corrected chi connectivity index (χ0v) is 21.2. The Balaban J connectivity index is 1.44. The van der Waals surface area contributed by atoms with E-state index in [0.717, 1.165) is 10.5 Å². The van der Waals surface area contributed by atoms with Crippen LogP contribution in [0, 0.1) is 24.7 Å². The third-order valence-corrected chi connectivity index (χ3v) is 7.92. The normalized spacial score (nSPS) is 23.4. The third-order valence-electron chi connectivity index (χ3n) is 7.26. The lowest BCUT2D eigenvalue weighted by molar-refractivity contribution is -0.140. The summed E-state index contributed by atoms with van der Waals surface area (Å²) in [7, 11) is 0. The number of likely N-dealkylation sites (tertiary alicyclic amines) is 1. The van der Waals surface area contributed by atoms with Gasteiger partial charge in [0, 0.05) is 28.0 Å². The summed E-state index contributed by atoms with van der Waals surface area (Å²) in [5.41, 5.74) is 1.91. The van der Waals surface area contributed by atoms with Gasteiger partial charge >= 0.3 is 0 Å². The molecule has 2 saturated heterocycles. The second-order valence-corrected chi connectivity index (χ2v) is 10.3. The van der Waals surface area contributed by atoms with Crippen LogP contribution < -0.4 is 9.80 Å². The molecule has 4 amide bonds. The Labute approximate surface area is 219 Å². The smallest absolute Gasteiger partial charge is 0.241 e. The number of imide groups is 1. The monoisotopic (exact) mass is 525 g/mol. The summed E-state index contributed by atoms with van der Waals surface area (Å²) in [6.07, 6.45) is 5.16. The van der Waals surface area contributed by atoms with Crippen molar-refractivity contribution >= 4 is 58.2 Å². The van der Waals surface area contributed by atoms with E-state index in [9.17, 15) is 19.2 Å². The molecule has 0 aromatic heterocycles. The van der Waals surface area contributed by atoms with Crippen LogP contribution in [-0.2, 0) is 19.2 Å². The van der Waals surface area contributed by atoms with Crippen LogP contribution in [0.3, 0.4) is 0 Å². The van der Waals surface area contributed by atoms with Gasteiger partial charge in [0.15, 0.2) is 0 Å². The van der Waals surface area contributed by atoms with Crippen molar-refractivity contribution in [1.82, 2.24) is 4.90 Å². The van der Waals surface area contributed by atoms with Crippen molar-refractivity contribution in [3.05, 3.63) is 70.2 Å². The highest BCUT2D eigenvalue weighted by atomic mass is 35.5. The maximum Gasteiger partial charge on any atom is 0.241 e. The maximum absolute atomic E-state index is 13.9. The number of hydrogen-bond donors (Lipinski definition) is 0. The fraction of sp³-hybridized carbons (Fsp3) is 0.333. The van der Waals surface area contributed by atoms with Crippen LogP contribution >= 0.6 is 23.2 Å². The van der Waals surface area contributed by atoms with E-state index in [1.807, 2.05) is 19.1 Å². The standard InChI is InChI=1S/C27H25Cl2N3O4/c1-16-6-9-19(14-23(16)29)31(15-32-24(33)20-4-2-3-5-21(20)25(32)34)27(36)22-12-13-30(26(22)35)18-10-7-17(28)8-11-18/h2-3,6-11,14,20-22H,4-5,12-13,15H2,1H3/t20-,21+,22-/m1/s1. The topological polar surface area (TPSA) is 78.0 Å². The molecule has 0 unspecified atom stereocenters. The van der Waals surface area contributed by atoms with Crippen LogP contribution in [0.25, 0.3) is 0 Å². The number of benzene rings is 2. The number of rotatable bonds is 5. The molecule has 0 N–H and O–H groups in total. The Hall–Kier alpha value is -3.16. The molecule has 2 aliphatic heterocycles. The largest absolute Gasteiger partial charge is 0.312 e. The van der Waals surface area contributed by atoms with Crippen molar-refractivity contribution in [2.75, 3.05) is 23.0 Å². The lowest BCUT2D eigenvalue weighted by atomic mass is 9.85. The molecule has 36 heavy (non-hydrogen) atoms. The zero-order chi connectivity index (χ0) is 25.6. The Morgan fingerprint density at radius 1 is 0.944 bits per heavy atom. The van der Waals surface area contributed by atoms with Crippen LogP contribution in [0.4, 0.5) is 11.4 Å². The van der Waals surface area contributed by atoms with Gasteiger partial charge in [-0.25, -0.2) is 0 Å². The predicted molar refractivity (Wildman–Crippen MR) is 138 cm³/mol. The van der Waals surface area contributed by atoms with Crippen LogP contribution in [0.1, 0.15) is 24.8 Å². The SMILES string of the molecule is Cc1ccc(N(CN2C(=O)[C@H]3CC=CC[C@H]3C2=O)C(=O)[C@@H]2CCN(c3ccc(Cl)cc3)C2=O)cc1Cl. The van der Waals surface area contributed by atoms with Gasteiger partial charge in [0.25, 0.3) is 0 Å². The molecular formula is C27H25Cl2N3O4. The second-order valence-electron chi connectivity index (χ2n) is 9.41. The summed E-state index contributed by atoms with van der Waals surface area (Å²) >= 11 is 12.3. The van der Waals surface area contributed by atoms with Gasteiger partial charge in [-0.2, -0.15) is 0 Å². The average Bonchev–Trinajstić information content (AvgIpc) is 3.37. The Kier molecular flexibility index (Phi) is 6.62. The molecule has 3 aliphatic rings. The van der Waals surface area contributed by atoms with E-state index in [1.54, 1.807) is 47.4 Å². The Morgan fingerprint density at radius 2 is 1.58 bits per heavy atom. The minimum atomic E-state index is -0.947. The molecule has 0 bridgehead atoms. The van der Waals surface area contributed by atoms with Crippen molar-refractivity contribution in [3.63, 3.8) is 0 Å². The molecule has 0 saturated carbocycles. The van der Waals surface area contributed by atoms with Gasteiger partial charge in [-0.05, 0) is 68.1 Å². The first kappa shape index (κ1) is 24.5. The molecule has 3 atom stereocenters. The number of nitrogens with zero attached hydrogens (tertiary/aromatic N) is 3. The third kappa shape index (κ3) is 4.31. The van der Waals surface area contributed by atoms with Crippen LogP contribution in [0.15, 0.2) is 54.6 Å². The first-order valence-electron chi connectivity index (χ1n) is 11.9. The van der Waals surface area contributed by atoms with E-state index in [2.05, 4.69) is 0 Å². The summed E-state index contributed by atoms with van der Waals surface area (Å²) in [4.78, 5) is 57.5. The van der Waals surface area contributed by atoms with Gasteiger partial charge in [-0.1, -0.05) is 41.4 Å². The number of allylic oxidation sites excluding steroid dienone is 2. The average molecular weight is 526 g/mol. The molecule has 2 heterocycles. The molecule has 0 radical (unpaired) electrons. The van der Waals surface area contributed by atoms with Crippen LogP contribution in [-0.4, -0.2) is 41.7 Å². The lowest BCUT2D eigenvalue weighted by Gasteiger charge is -2.29. The van der Waals surface area contributed by atoms with Crippen molar-refractivity contribution in [3.8, 4) is 0 Å². The molecular weight excluding hydrogens is 501 g/mol. The number of amides is 4. The number of fused-ring (bicyclic) bond motifs is 1. The molecule has 2 fully saturated rings. The summed E-state index contributed by atoms with van der Waals surface area (Å²) in [6, 6.07) is 12.0. The van der Waals surface area contributed by atoms with E-state index in [1.165, 1.54) is 4.90 Å². The molecule has 0 spiro atoms. The molecule has 1 aliphatic carbocycles. The molecule has 5 rings (SSSR count). The number of carbonyl (C=O) groups is 4. The van der Waals surface area contributed by atoms with E-state index in [-0.39, 0.29) is 24.4 Å². The Bertz CT molecular complexity index is 1250. The fourth-order valence-corrected chi connectivity index (χ4v) is 5.45. The second kappa shape index (κ2) is 9.71. The summed E-state index contributed by atoms with van der Waals surface area (Å²) in [6.45, 7) is 1.96. The number of halogens is 2. The number of anilines is 2. The van der Waals surface area contributed by atoms with E-state index in [4.69, 9.17) is 23.2 Å². The number of hydrogen-bond acceptors (Lipinski definition) is 4. The minimum absolute atomic E-state index is 0.256. The van der Waals surface area contributed by atoms with Crippen LogP contribution in [0.5, 0.6) is 0 Å². The quantitative estimate of drug-likeness (QED) is 0.324. The van der Waals surface area contributed by atoms with Gasteiger partial charge < -0.3 is 4.90 Å². The Morgan fingerprint density at radius 3 is 2.19 bits per heavy atom. The summed E-state index contributed by atoms with van der Waals surface area (Å²) in [5.74, 6) is -3.13. The highest BCUT2D eigenvalue weighted by Gasteiger charge is 2.49. The van der Waals surface area contributed by atoms with Crippen molar-refractivity contribution in [2.45, 2.75) is 26.2 Å². The van der Waals surface area contributed by atoms with E-state index >= 15 is 0 Å². The van der Waals surface area contributed by atoms with E-state index in [0.29, 0.717) is 47.2 Å². The predicted octanol–water partition coefficient (Wildman–Crippen LogP) is 4.60. The highest BCUT2D eigenvalue weighted by molar-refractivity contribution is 6.31. The van der Waals surface area contributed by atoms with Crippen molar-refractivity contribution < 1.29 is 19.2 Å². The van der Waals surface area contributed by atoms with Gasteiger partial charge in [0.05, 0.1) is 11.8 Å². The molecule has 2 aromatic carbocycles. The zero-order valence-electron chi connectivity index (χ0n) is 19.7. The summed E-state index contributed by atoms with van der Waals surface area (Å²) in [5, 5.41) is 0.999. The lowest BCUT2D eigenvalue weighted by Crippen LogP contribution is -2.48. The van der Waals surface area contributed by atoms with Crippen molar-refractivity contribution in [2.24, 2.45) is 17.8 Å². The van der Waals surface area contributed by atoms with Gasteiger partial charge in [-0.15, -0.1) is 0 Å². The van der Waals surface area contributed by atoms with Crippen molar-refractivity contribution in [1.29, 1.82) is 0 Å². The number of aryl methyl sites for hydroxylation is 1. The van der Waals surface area contributed by atoms with Gasteiger partial charge in [-0.3, -0.25) is 29.0 Å². The first-order valence-corrected chi connectivity index (χ1v) is 12.7. The molecule has 7 nitrogen and oxygen atoms in total. The molecule has 186 valence electrons. The first-order chi connectivity index (χ1) is 17.3. The molecule has 2 aromatic rings. The minimum Gasteiger partial charge on any atom is -0.312 e. The van der Waals surface area contributed by atoms with Crippen LogP contribution in [0.2, 0.25) is 10.0 Å². The van der Waals surface area contributed by atoms with Gasteiger partial charge in [0.1, 0.15) is 12.6 Å².